The highest BCUT2D eigenvalue weighted by molar-refractivity contribution is 5.33. The number of ether oxygens (including phenoxy) is 1. The van der Waals surface area contributed by atoms with E-state index < -0.39 is 0 Å². The largest absolute Gasteiger partial charge is 0.492 e. The summed E-state index contributed by atoms with van der Waals surface area (Å²) in [4.78, 5) is 2.48. The molecule has 18 heavy (non-hydrogen) atoms. The molecule has 0 fully saturated rings. The molecule has 100 valence electrons. The Bertz CT molecular complexity index is 365. The molecule has 1 heterocycles. The Kier molecular flexibility index (Phi) is 5.02. The van der Waals surface area contributed by atoms with Gasteiger partial charge in [0.15, 0.2) is 0 Å². The van der Waals surface area contributed by atoms with Crippen LogP contribution >= 0.6 is 0 Å². The van der Waals surface area contributed by atoms with Gasteiger partial charge in [-0.3, -0.25) is 4.90 Å². The van der Waals surface area contributed by atoms with E-state index in [1.807, 2.05) is 6.07 Å². The minimum atomic E-state index is 0.582. The fourth-order valence-electron chi connectivity index (χ4n) is 2.26. The normalized spacial score (nSPS) is 16.2. The first-order valence-electron chi connectivity index (χ1n) is 6.92. The molecule has 0 amide bonds. The van der Waals surface area contributed by atoms with Crippen LogP contribution in [0.2, 0.25) is 0 Å². The summed E-state index contributed by atoms with van der Waals surface area (Å²) < 4.78 is 5.77. The molecule has 0 atom stereocenters. The fraction of sp³-hybridized carbons (Fsp3) is 0.600. The molecule has 1 aromatic rings. The van der Waals surface area contributed by atoms with Crippen LogP contribution in [0.15, 0.2) is 24.3 Å². The molecule has 1 aromatic carbocycles. The molecule has 0 saturated heterocycles. The van der Waals surface area contributed by atoms with E-state index >= 15 is 0 Å². The maximum atomic E-state index is 5.77. The SMILES string of the molecule is CC(C)NCCCN1CCOc2ccccc2C1. The predicted octanol–water partition coefficient (Wildman–Crippen LogP) is 2.27. The molecule has 0 radical (unpaired) electrons. The van der Waals surface area contributed by atoms with Crippen molar-refractivity contribution in [2.75, 3.05) is 26.2 Å². The summed E-state index contributed by atoms with van der Waals surface area (Å²) in [7, 11) is 0. The molecule has 0 spiro atoms. The van der Waals surface area contributed by atoms with E-state index in [9.17, 15) is 0 Å². The molecule has 0 aliphatic carbocycles. The van der Waals surface area contributed by atoms with Gasteiger partial charge in [-0.15, -0.1) is 0 Å². The lowest BCUT2D eigenvalue weighted by Crippen LogP contribution is -2.31. The van der Waals surface area contributed by atoms with Crippen molar-refractivity contribution in [1.82, 2.24) is 10.2 Å². The van der Waals surface area contributed by atoms with Crippen molar-refractivity contribution in [1.29, 1.82) is 0 Å². The quantitative estimate of drug-likeness (QED) is 0.809. The van der Waals surface area contributed by atoms with Gasteiger partial charge in [0.2, 0.25) is 0 Å². The van der Waals surface area contributed by atoms with Gasteiger partial charge in [0, 0.05) is 24.7 Å². The van der Waals surface area contributed by atoms with E-state index in [1.54, 1.807) is 0 Å². The Morgan fingerprint density at radius 2 is 2.17 bits per heavy atom. The van der Waals surface area contributed by atoms with E-state index in [1.165, 1.54) is 12.0 Å². The maximum absolute atomic E-state index is 5.77. The molecule has 3 heteroatoms. The average molecular weight is 248 g/mol. The number of rotatable bonds is 5. The Morgan fingerprint density at radius 3 is 3.00 bits per heavy atom. The van der Waals surface area contributed by atoms with Crippen molar-refractivity contribution in [2.45, 2.75) is 32.9 Å². The Balaban J connectivity index is 1.81. The van der Waals surface area contributed by atoms with E-state index in [2.05, 4.69) is 42.3 Å². The van der Waals surface area contributed by atoms with Crippen LogP contribution < -0.4 is 10.1 Å². The summed E-state index contributed by atoms with van der Waals surface area (Å²) in [5, 5.41) is 3.46. The van der Waals surface area contributed by atoms with Crippen molar-refractivity contribution >= 4 is 0 Å². The highest BCUT2D eigenvalue weighted by atomic mass is 16.5. The Labute approximate surface area is 110 Å². The van der Waals surface area contributed by atoms with Crippen molar-refractivity contribution in [3.63, 3.8) is 0 Å². The first-order valence-corrected chi connectivity index (χ1v) is 6.92. The molecule has 1 aliphatic rings. The minimum Gasteiger partial charge on any atom is -0.492 e. The summed E-state index contributed by atoms with van der Waals surface area (Å²) in [6.45, 7) is 9.45. The van der Waals surface area contributed by atoms with Gasteiger partial charge >= 0.3 is 0 Å². The Morgan fingerprint density at radius 1 is 1.33 bits per heavy atom. The van der Waals surface area contributed by atoms with Gasteiger partial charge in [0.1, 0.15) is 12.4 Å². The summed E-state index contributed by atoms with van der Waals surface area (Å²) in [5.74, 6) is 1.06. The van der Waals surface area contributed by atoms with Crippen LogP contribution in [0, 0.1) is 0 Å². The second kappa shape index (κ2) is 6.76. The first kappa shape index (κ1) is 13.4. The topological polar surface area (TPSA) is 24.5 Å². The van der Waals surface area contributed by atoms with Crippen LogP contribution in [0.3, 0.4) is 0 Å². The third kappa shape index (κ3) is 4.00. The molecule has 0 bridgehead atoms. The highest BCUT2D eigenvalue weighted by Gasteiger charge is 2.13. The molecule has 0 unspecified atom stereocenters. The molecular weight excluding hydrogens is 224 g/mol. The summed E-state index contributed by atoms with van der Waals surface area (Å²) in [6, 6.07) is 8.95. The van der Waals surface area contributed by atoms with Gasteiger partial charge in [0.05, 0.1) is 0 Å². The van der Waals surface area contributed by atoms with Crippen LogP contribution in [0.1, 0.15) is 25.8 Å². The zero-order valence-corrected chi connectivity index (χ0v) is 11.5. The Hall–Kier alpha value is -1.06. The van der Waals surface area contributed by atoms with Crippen molar-refractivity contribution in [2.24, 2.45) is 0 Å². The third-order valence-electron chi connectivity index (χ3n) is 3.24. The van der Waals surface area contributed by atoms with Gasteiger partial charge in [-0.25, -0.2) is 0 Å². The van der Waals surface area contributed by atoms with Crippen LogP contribution in [-0.2, 0) is 6.54 Å². The van der Waals surface area contributed by atoms with Gasteiger partial charge in [-0.05, 0) is 25.6 Å². The predicted molar refractivity (Wildman–Crippen MR) is 75.0 cm³/mol. The maximum Gasteiger partial charge on any atom is 0.123 e. The number of hydrogen-bond donors (Lipinski definition) is 1. The van der Waals surface area contributed by atoms with E-state index in [0.717, 1.165) is 38.5 Å². The lowest BCUT2D eigenvalue weighted by atomic mass is 10.2. The molecule has 0 aromatic heterocycles. The average Bonchev–Trinajstić information content (AvgIpc) is 2.56. The zero-order chi connectivity index (χ0) is 12.8. The number of hydrogen-bond acceptors (Lipinski definition) is 3. The number of benzene rings is 1. The lowest BCUT2D eigenvalue weighted by molar-refractivity contribution is 0.223. The van der Waals surface area contributed by atoms with E-state index in [4.69, 9.17) is 4.74 Å². The highest BCUT2D eigenvalue weighted by Crippen LogP contribution is 2.22. The van der Waals surface area contributed by atoms with Crippen LogP contribution in [-0.4, -0.2) is 37.2 Å². The molecule has 3 nitrogen and oxygen atoms in total. The minimum absolute atomic E-state index is 0.582. The zero-order valence-electron chi connectivity index (χ0n) is 11.5. The monoisotopic (exact) mass is 248 g/mol. The second-order valence-electron chi connectivity index (χ2n) is 5.19. The van der Waals surface area contributed by atoms with Crippen LogP contribution in [0.4, 0.5) is 0 Å². The van der Waals surface area contributed by atoms with Crippen LogP contribution in [0.5, 0.6) is 5.75 Å². The lowest BCUT2D eigenvalue weighted by Gasteiger charge is -2.19. The molecule has 2 rings (SSSR count). The molecule has 0 saturated carbocycles. The molecule has 1 N–H and O–H groups in total. The van der Waals surface area contributed by atoms with E-state index in [0.29, 0.717) is 6.04 Å². The van der Waals surface area contributed by atoms with Crippen LogP contribution in [0.25, 0.3) is 0 Å². The van der Waals surface area contributed by atoms with Gasteiger partial charge < -0.3 is 10.1 Å². The first-order chi connectivity index (χ1) is 8.75. The van der Waals surface area contributed by atoms with E-state index in [-0.39, 0.29) is 0 Å². The molecular formula is C15H24N2O. The van der Waals surface area contributed by atoms with Crippen molar-refractivity contribution in [3.8, 4) is 5.75 Å². The van der Waals surface area contributed by atoms with Gasteiger partial charge in [-0.1, -0.05) is 32.0 Å². The molecule has 1 aliphatic heterocycles. The second-order valence-corrected chi connectivity index (χ2v) is 5.19. The summed E-state index contributed by atoms with van der Waals surface area (Å²) in [5.41, 5.74) is 1.31. The smallest absolute Gasteiger partial charge is 0.123 e. The number of nitrogens with zero attached hydrogens (tertiary/aromatic N) is 1. The van der Waals surface area contributed by atoms with Crippen molar-refractivity contribution < 1.29 is 4.74 Å². The summed E-state index contributed by atoms with van der Waals surface area (Å²) >= 11 is 0. The summed E-state index contributed by atoms with van der Waals surface area (Å²) in [6.07, 6.45) is 1.19. The van der Waals surface area contributed by atoms with Crippen molar-refractivity contribution in [3.05, 3.63) is 29.8 Å². The standard InChI is InChI=1S/C15H24N2O/c1-13(2)16-8-5-9-17-10-11-18-15-7-4-3-6-14(15)12-17/h3-4,6-7,13,16H,5,8-12H2,1-2H3. The van der Waals surface area contributed by atoms with Gasteiger partial charge in [-0.2, -0.15) is 0 Å². The third-order valence-corrected chi connectivity index (χ3v) is 3.24. The fourth-order valence-corrected chi connectivity index (χ4v) is 2.26. The number of para-hydroxylation sites is 1. The van der Waals surface area contributed by atoms with Gasteiger partial charge in [0.25, 0.3) is 0 Å². The number of fused-ring (bicyclic) bond motifs is 1. The number of nitrogens with one attached hydrogen (secondary N) is 1.